The van der Waals surface area contributed by atoms with Crippen molar-refractivity contribution in [2.75, 3.05) is 13.1 Å². The van der Waals surface area contributed by atoms with E-state index in [9.17, 15) is 9.59 Å². The van der Waals surface area contributed by atoms with Crippen LogP contribution >= 0.6 is 23.7 Å². The second-order valence-electron chi connectivity index (χ2n) is 7.13. The number of nitrogens with zero attached hydrogens (tertiary/aromatic N) is 3. The van der Waals surface area contributed by atoms with Crippen LogP contribution in [0.3, 0.4) is 0 Å². The molecule has 0 aromatic carbocycles. The molecule has 2 aromatic heterocycles. The fraction of sp³-hybridized carbons (Fsp3) is 0.611. The predicted octanol–water partition coefficient (Wildman–Crippen LogP) is 2.10. The van der Waals surface area contributed by atoms with E-state index in [0.29, 0.717) is 19.5 Å². The molecule has 0 saturated carbocycles. The van der Waals surface area contributed by atoms with Crippen LogP contribution < -0.4 is 11.3 Å². The van der Waals surface area contributed by atoms with Crippen LogP contribution in [0.5, 0.6) is 0 Å². The lowest BCUT2D eigenvalue weighted by Crippen LogP contribution is -2.46. The van der Waals surface area contributed by atoms with Crippen molar-refractivity contribution >= 4 is 39.9 Å². The Bertz CT molecular complexity index is 863. The molecule has 2 N–H and O–H groups in total. The van der Waals surface area contributed by atoms with E-state index in [2.05, 4.69) is 4.98 Å². The molecule has 0 spiro atoms. The summed E-state index contributed by atoms with van der Waals surface area (Å²) in [5.41, 5.74) is 7.16. The van der Waals surface area contributed by atoms with Gasteiger partial charge in [-0.15, -0.1) is 23.7 Å². The first-order valence-electron chi connectivity index (χ1n) is 9.16. The molecule has 6 nitrogen and oxygen atoms in total. The van der Waals surface area contributed by atoms with Gasteiger partial charge < -0.3 is 10.6 Å². The van der Waals surface area contributed by atoms with Gasteiger partial charge in [-0.3, -0.25) is 14.2 Å². The Labute approximate surface area is 162 Å². The fourth-order valence-corrected chi connectivity index (χ4v) is 5.17. The van der Waals surface area contributed by atoms with Gasteiger partial charge in [0.15, 0.2) is 0 Å². The average molecular weight is 397 g/mol. The molecule has 2 aromatic rings. The summed E-state index contributed by atoms with van der Waals surface area (Å²) in [7, 11) is 0. The van der Waals surface area contributed by atoms with Crippen molar-refractivity contribution in [3.05, 3.63) is 27.1 Å². The van der Waals surface area contributed by atoms with Crippen LogP contribution in [0.15, 0.2) is 11.1 Å². The average Bonchev–Trinajstić information content (AvgIpc) is 3.00. The standard InChI is InChI=1S/C18H24N4O2S.ClH/c19-12-4-3-8-21(10-12)15(23)7-9-22-11-20-17-16(18(22)24)13-5-1-2-6-14(13)25-17;/h11-12H,1-10,19H2;1H. The molecule has 4 rings (SSSR count). The van der Waals surface area contributed by atoms with Gasteiger partial charge in [0.05, 0.1) is 11.7 Å². The first-order valence-corrected chi connectivity index (χ1v) is 9.98. The number of hydrogen-bond acceptors (Lipinski definition) is 5. The highest BCUT2D eigenvalue weighted by Gasteiger charge is 2.22. The highest BCUT2D eigenvalue weighted by Crippen LogP contribution is 2.33. The van der Waals surface area contributed by atoms with Crippen LogP contribution in [0.2, 0.25) is 0 Å². The van der Waals surface area contributed by atoms with Crippen molar-refractivity contribution in [3.8, 4) is 0 Å². The van der Waals surface area contributed by atoms with Crippen LogP contribution in [0.1, 0.15) is 42.5 Å². The van der Waals surface area contributed by atoms with E-state index in [1.807, 2.05) is 4.90 Å². The minimum absolute atomic E-state index is 0. The molecule has 1 aliphatic heterocycles. The Hall–Kier alpha value is -1.44. The maximum Gasteiger partial charge on any atom is 0.262 e. The Morgan fingerprint density at radius 3 is 2.92 bits per heavy atom. The van der Waals surface area contributed by atoms with E-state index in [4.69, 9.17) is 5.73 Å². The summed E-state index contributed by atoms with van der Waals surface area (Å²) in [6, 6.07) is 0.0794. The number of piperidine rings is 1. The number of carbonyl (C=O) groups excluding carboxylic acids is 1. The van der Waals surface area contributed by atoms with Crippen molar-refractivity contribution in [1.29, 1.82) is 0 Å². The van der Waals surface area contributed by atoms with E-state index in [1.165, 1.54) is 16.9 Å². The van der Waals surface area contributed by atoms with E-state index in [1.54, 1.807) is 22.2 Å². The summed E-state index contributed by atoms with van der Waals surface area (Å²) in [6.45, 7) is 1.79. The lowest BCUT2D eigenvalue weighted by Gasteiger charge is -2.30. The van der Waals surface area contributed by atoms with Gasteiger partial charge in [0.1, 0.15) is 4.83 Å². The summed E-state index contributed by atoms with van der Waals surface area (Å²) in [4.78, 5) is 33.8. The third-order valence-electron chi connectivity index (χ3n) is 5.32. The molecule has 2 aliphatic rings. The third kappa shape index (κ3) is 3.66. The molecule has 1 unspecified atom stereocenters. The number of fused-ring (bicyclic) bond motifs is 3. The number of carbonyl (C=O) groups is 1. The van der Waals surface area contributed by atoms with Gasteiger partial charge in [-0.1, -0.05) is 0 Å². The molecule has 8 heteroatoms. The molecule has 1 aliphatic carbocycles. The molecule has 3 heterocycles. The van der Waals surface area contributed by atoms with E-state index in [-0.39, 0.29) is 29.9 Å². The number of hydrogen-bond donors (Lipinski definition) is 1. The molecule has 0 radical (unpaired) electrons. The quantitative estimate of drug-likeness (QED) is 0.861. The number of rotatable bonds is 3. The van der Waals surface area contributed by atoms with Crippen molar-refractivity contribution in [2.24, 2.45) is 5.73 Å². The molecule has 26 heavy (non-hydrogen) atoms. The Morgan fingerprint density at radius 1 is 1.31 bits per heavy atom. The first kappa shape index (κ1) is 19.3. The normalized spacial score (nSPS) is 19.9. The van der Waals surface area contributed by atoms with Crippen LogP contribution in [0, 0.1) is 0 Å². The highest BCUT2D eigenvalue weighted by atomic mass is 35.5. The van der Waals surface area contributed by atoms with Gasteiger partial charge in [-0.05, 0) is 44.1 Å². The summed E-state index contributed by atoms with van der Waals surface area (Å²) in [5, 5.41) is 0.787. The van der Waals surface area contributed by atoms with Crippen LogP contribution in [-0.4, -0.2) is 39.5 Å². The Morgan fingerprint density at radius 2 is 2.12 bits per heavy atom. The van der Waals surface area contributed by atoms with Gasteiger partial charge >= 0.3 is 0 Å². The molecule has 1 fully saturated rings. The zero-order chi connectivity index (χ0) is 17.4. The summed E-state index contributed by atoms with van der Waals surface area (Å²) in [5.74, 6) is 0.0782. The van der Waals surface area contributed by atoms with Gasteiger partial charge in [0, 0.05) is 37.0 Å². The number of aromatic nitrogens is 2. The smallest absolute Gasteiger partial charge is 0.262 e. The molecular weight excluding hydrogens is 372 g/mol. The van der Waals surface area contributed by atoms with Gasteiger partial charge in [0.2, 0.25) is 5.91 Å². The molecule has 0 bridgehead atoms. The first-order chi connectivity index (χ1) is 12.1. The number of likely N-dealkylation sites (tertiary alicyclic amines) is 1. The minimum Gasteiger partial charge on any atom is -0.341 e. The predicted molar refractivity (Wildman–Crippen MR) is 106 cm³/mol. The molecule has 1 amide bonds. The second kappa shape index (κ2) is 8.06. The van der Waals surface area contributed by atoms with E-state index in [0.717, 1.165) is 48.9 Å². The number of halogens is 1. The maximum atomic E-state index is 12.9. The van der Waals surface area contributed by atoms with E-state index < -0.39 is 0 Å². The molecule has 142 valence electrons. The van der Waals surface area contributed by atoms with Crippen molar-refractivity contribution in [3.63, 3.8) is 0 Å². The van der Waals surface area contributed by atoms with Crippen molar-refractivity contribution in [1.82, 2.24) is 14.5 Å². The molecule has 1 atom stereocenters. The molecule has 1 saturated heterocycles. The highest BCUT2D eigenvalue weighted by molar-refractivity contribution is 7.18. The Kier molecular flexibility index (Phi) is 5.99. The summed E-state index contributed by atoms with van der Waals surface area (Å²) in [6.07, 6.45) is 8.23. The lowest BCUT2D eigenvalue weighted by molar-refractivity contribution is -0.132. The number of aryl methyl sites for hydroxylation is 3. The third-order valence-corrected chi connectivity index (χ3v) is 6.52. The van der Waals surface area contributed by atoms with Gasteiger partial charge in [0.25, 0.3) is 5.56 Å². The SMILES string of the molecule is Cl.NC1CCCN(C(=O)CCn2cnc3sc4c(c3c2=O)CCCC4)C1. The monoisotopic (exact) mass is 396 g/mol. The largest absolute Gasteiger partial charge is 0.341 e. The van der Waals surface area contributed by atoms with Gasteiger partial charge in [-0.25, -0.2) is 4.98 Å². The number of nitrogens with two attached hydrogens (primary N) is 1. The maximum absolute atomic E-state index is 12.9. The fourth-order valence-electron chi connectivity index (χ4n) is 3.95. The topological polar surface area (TPSA) is 81.2 Å². The second-order valence-corrected chi connectivity index (χ2v) is 8.21. The van der Waals surface area contributed by atoms with Crippen LogP contribution in [-0.2, 0) is 24.2 Å². The minimum atomic E-state index is 0. The zero-order valence-corrected chi connectivity index (χ0v) is 16.4. The van der Waals surface area contributed by atoms with E-state index >= 15 is 0 Å². The van der Waals surface area contributed by atoms with Crippen molar-refractivity contribution in [2.45, 2.75) is 57.5 Å². The zero-order valence-electron chi connectivity index (χ0n) is 14.8. The number of thiophene rings is 1. The summed E-state index contributed by atoms with van der Waals surface area (Å²) >= 11 is 1.66. The lowest BCUT2D eigenvalue weighted by atomic mass is 9.97. The molecular formula is C18H25ClN4O2S. The van der Waals surface area contributed by atoms with Crippen molar-refractivity contribution < 1.29 is 4.79 Å². The van der Waals surface area contributed by atoms with Crippen LogP contribution in [0.4, 0.5) is 0 Å². The van der Waals surface area contributed by atoms with Crippen LogP contribution in [0.25, 0.3) is 10.2 Å². The summed E-state index contributed by atoms with van der Waals surface area (Å²) < 4.78 is 1.60. The number of amides is 1. The van der Waals surface area contributed by atoms with Gasteiger partial charge in [-0.2, -0.15) is 0 Å². The Balaban J connectivity index is 0.00000196.